The van der Waals surface area contributed by atoms with Crippen molar-refractivity contribution in [3.05, 3.63) is 18.0 Å². The Labute approximate surface area is 88.2 Å². The molecule has 1 aromatic heterocycles. The van der Waals surface area contributed by atoms with E-state index in [1.54, 1.807) is 4.68 Å². The van der Waals surface area contributed by atoms with Crippen molar-refractivity contribution in [2.24, 2.45) is 5.73 Å². The highest BCUT2D eigenvalue weighted by Crippen LogP contribution is 2.39. The average Bonchev–Trinajstić information content (AvgIpc) is 2.99. The fraction of sp³-hybridized carbons (Fsp3) is 0.600. The minimum atomic E-state index is -0.637. The van der Waals surface area contributed by atoms with Crippen LogP contribution in [0.5, 0.6) is 0 Å². The van der Waals surface area contributed by atoms with Gasteiger partial charge in [0.2, 0.25) is 0 Å². The Morgan fingerprint density at radius 3 is 3.13 bits per heavy atom. The van der Waals surface area contributed by atoms with Gasteiger partial charge >= 0.3 is 5.97 Å². The molecule has 0 aliphatic heterocycles. The molecule has 0 radical (unpaired) electrons. The lowest BCUT2D eigenvalue weighted by atomic mass is 10.2. The first-order valence-corrected chi connectivity index (χ1v) is 5.06. The lowest BCUT2D eigenvalue weighted by Gasteiger charge is -2.08. The molecular weight excluding hydrogens is 194 g/mol. The van der Waals surface area contributed by atoms with Gasteiger partial charge in [0.1, 0.15) is 6.04 Å². The van der Waals surface area contributed by atoms with E-state index in [1.165, 1.54) is 25.5 Å². The summed E-state index contributed by atoms with van der Waals surface area (Å²) in [6.07, 6.45) is 6.30. The molecule has 0 amide bonds. The first-order chi connectivity index (χ1) is 7.20. The lowest BCUT2D eigenvalue weighted by molar-refractivity contribution is -0.142. The molecule has 5 nitrogen and oxygen atoms in total. The monoisotopic (exact) mass is 209 g/mol. The van der Waals surface area contributed by atoms with Crippen molar-refractivity contribution < 1.29 is 9.53 Å². The summed E-state index contributed by atoms with van der Waals surface area (Å²) in [5.74, 6) is 0.270. The van der Waals surface area contributed by atoms with Crippen molar-refractivity contribution in [1.29, 1.82) is 0 Å². The third kappa shape index (κ3) is 2.36. The van der Waals surface area contributed by atoms with Crippen LogP contribution in [0.25, 0.3) is 0 Å². The number of nitrogens with two attached hydrogens (primary N) is 1. The van der Waals surface area contributed by atoms with Crippen LogP contribution in [0.15, 0.2) is 12.4 Å². The number of carbonyl (C=O) groups excluding carboxylic acids is 1. The van der Waals surface area contributed by atoms with Crippen LogP contribution in [-0.4, -0.2) is 28.9 Å². The number of methoxy groups -OCH3 is 1. The molecule has 1 atom stereocenters. The van der Waals surface area contributed by atoms with Gasteiger partial charge < -0.3 is 10.5 Å². The summed E-state index contributed by atoms with van der Waals surface area (Å²) in [6.45, 7) is 0.374. The molecule has 5 heteroatoms. The van der Waals surface area contributed by atoms with E-state index < -0.39 is 12.0 Å². The summed E-state index contributed by atoms with van der Waals surface area (Å²) in [5, 5.41) is 4.16. The van der Waals surface area contributed by atoms with Gasteiger partial charge in [0.05, 0.1) is 19.9 Å². The maximum atomic E-state index is 11.1. The van der Waals surface area contributed by atoms with Crippen LogP contribution in [0.2, 0.25) is 0 Å². The Balaban J connectivity index is 1.94. The van der Waals surface area contributed by atoms with E-state index in [4.69, 9.17) is 5.73 Å². The molecule has 15 heavy (non-hydrogen) atoms. The molecule has 2 rings (SSSR count). The summed E-state index contributed by atoms with van der Waals surface area (Å²) in [7, 11) is 1.33. The summed E-state index contributed by atoms with van der Waals surface area (Å²) in [6, 6.07) is -0.637. The maximum Gasteiger partial charge on any atom is 0.324 e. The third-order valence-corrected chi connectivity index (χ3v) is 2.59. The third-order valence-electron chi connectivity index (χ3n) is 2.59. The zero-order valence-electron chi connectivity index (χ0n) is 8.72. The number of ether oxygens (including phenoxy) is 1. The van der Waals surface area contributed by atoms with Gasteiger partial charge in [-0.2, -0.15) is 5.10 Å². The van der Waals surface area contributed by atoms with Crippen LogP contribution >= 0.6 is 0 Å². The van der Waals surface area contributed by atoms with Gasteiger partial charge in [-0.15, -0.1) is 0 Å². The molecule has 1 aromatic rings. The molecular formula is C10H15N3O2. The van der Waals surface area contributed by atoms with E-state index in [-0.39, 0.29) is 0 Å². The SMILES string of the molecule is COC(=O)C(N)Cn1cc(C2CC2)cn1. The Kier molecular flexibility index (Phi) is 2.73. The van der Waals surface area contributed by atoms with Crippen molar-refractivity contribution in [3.8, 4) is 0 Å². The standard InChI is InChI=1S/C10H15N3O2/c1-15-10(14)9(11)6-13-5-8(4-12-13)7-2-3-7/h4-5,7,9H,2-3,6,11H2,1H3. The smallest absolute Gasteiger partial charge is 0.324 e. The second-order valence-corrected chi connectivity index (χ2v) is 3.90. The highest BCUT2D eigenvalue weighted by molar-refractivity contribution is 5.75. The van der Waals surface area contributed by atoms with Crippen molar-refractivity contribution in [2.45, 2.75) is 31.3 Å². The minimum absolute atomic E-state index is 0.374. The van der Waals surface area contributed by atoms with Gasteiger partial charge in [-0.25, -0.2) is 0 Å². The number of rotatable bonds is 4. The van der Waals surface area contributed by atoms with Crippen LogP contribution in [0, 0.1) is 0 Å². The second-order valence-electron chi connectivity index (χ2n) is 3.90. The average molecular weight is 209 g/mol. The highest BCUT2D eigenvalue weighted by Gasteiger charge is 2.25. The fourth-order valence-electron chi connectivity index (χ4n) is 1.53. The van der Waals surface area contributed by atoms with Gasteiger partial charge in [-0.05, 0) is 24.3 Å². The van der Waals surface area contributed by atoms with E-state index in [2.05, 4.69) is 9.84 Å². The zero-order valence-corrected chi connectivity index (χ0v) is 8.72. The zero-order chi connectivity index (χ0) is 10.8. The molecule has 0 bridgehead atoms. The summed E-state index contributed by atoms with van der Waals surface area (Å²) < 4.78 is 6.25. The van der Waals surface area contributed by atoms with Crippen molar-refractivity contribution in [3.63, 3.8) is 0 Å². The summed E-state index contributed by atoms with van der Waals surface area (Å²) >= 11 is 0. The molecule has 1 fully saturated rings. The molecule has 0 aromatic carbocycles. The van der Waals surface area contributed by atoms with E-state index in [9.17, 15) is 4.79 Å². The first kappa shape index (κ1) is 10.2. The van der Waals surface area contributed by atoms with E-state index in [0.29, 0.717) is 12.5 Å². The second kappa shape index (κ2) is 4.02. The number of hydrogen-bond donors (Lipinski definition) is 1. The number of aromatic nitrogens is 2. The molecule has 0 saturated heterocycles. The maximum absolute atomic E-state index is 11.1. The lowest BCUT2D eigenvalue weighted by Crippen LogP contribution is -2.35. The van der Waals surface area contributed by atoms with Gasteiger partial charge in [0, 0.05) is 6.20 Å². The number of esters is 1. The van der Waals surface area contributed by atoms with Crippen LogP contribution in [0.3, 0.4) is 0 Å². The number of nitrogens with zero attached hydrogens (tertiary/aromatic N) is 2. The number of hydrogen-bond acceptors (Lipinski definition) is 4. The predicted octanol–water partition coefficient (Wildman–Crippen LogP) is 0.261. The first-order valence-electron chi connectivity index (χ1n) is 5.06. The Hall–Kier alpha value is -1.36. The molecule has 1 heterocycles. The molecule has 1 aliphatic carbocycles. The van der Waals surface area contributed by atoms with Crippen LogP contribution in [-0.2, 0) is 16.1 Å². The van der Waals surface area contributed by atoms with Crippen molar-refractivity contribution in [2.75, 3.05) is 7.11 Å². The summed E-state index contributed by atoms with van der Waals surface area (Å²) in [5.41, 5.74) is 6.87. The van der Waals surface area contributed by atoms with Crippen molar-refractivity contribution in [1.82, 2.24) is 9.78 Å². The molecule has 0 spiro atoms. The molecule has 1 saturated carbocycles. The topological polar surface area (TPSA) is 70.1 Å². The van der Waals surface area contributed by atoms with E-state index in [0.717, 1.165) is 0 Å². The number of carbonyl (C=O) groups is 1. The molecule has 1 aliphatic rings. The quantitative estimate of drug-likeness (QED) is 0.722. The van der Waals surface area contributed by atoms with Gasteiger partial charge in [-0.3, -0.25) is 9.48 Å². The normalized spacial score (nSPS) is 17.5. The van der Waals surface area contributed by atoms with Crippen molar-refractivity contribution >= 4 is 5.97 Å². The predicted molar refractivity (Wildman–Crippen MR) is 54.2 cm³/mol. The van der Waals surface area contributed by atoms with E-state index >= 15 is 0 Å². The van der Waals surface area contributed by atoms with Crippen LogP contribution in [0.1, 0.15) is 24.3 Å². The largest absolute Gasteiger partial charge is 0.468 e. The van der Waals surface area contributed by atoms with Gasteiger partial charge in [-0.1, -0.05) is 0 Å². The molecule has 1 unspecified atom stereocenters. The van der Waals surface area contributed by atoms with Gasteiger partial charge in [0.25, 0.3) is 0 Å². The molecule has 82 valence electrons. The van der Waals surface area contributed by atoms with Crippen LogP contribution < -0.4 is 5.73 Å². The van der Waals surface area contributed by atoms with E-state index in [1.807, 2.05) is 12.4 Å². The Bertz CT molecular complexity index is 357. The highest BCUT2D eigenvalue weighted by atomic mass is 16.5. The minimum Gasteiger partial charge on any atom is -0.468 e. The molecule has 2 N–H and O–H groups in total. The Morgan fingerprint density at radius 1 is 1.80 bits per heavy atom. The Morgan fingerprint density at radius 2 is 2.53 bits per heavy atom. The van der Waals surface area contributed by atoms with Gasteiger partial charge in [0.15, 0.2) is 0 Å². The summed E-state index contributed by atoms with van der Waals surface area (Å²) in [4.78, 5) is 11.1. The fourth-order valence-corrected chi connectivity index (χ4v) is 1.53. The van der Waals surface area contributed by atoms with Crippen LogP contribution in [0.4, 0.5) is 0 Å².